The Labute approximate surface area is 136 Å². The molecule has 126 valence electrons. The summed E-state index contributed by atoms with van der Waals surface area (Å²) >= 11 is 0. The summed E-state index contributed by atoms with van der Waals surface area (Å²) in [4.78, 5) is 0. The van der Waals surface area contributed by atoms with Crippen molar-refractivity contribution in [2.75, 3.05) is 0 Å². The molecule has 2 fully saturated rings. The van der Waals surface area contributed by atoms with Gasteiger partial charge in [-0.25, -0.2) is 0 Å². The van der Waals surface area contributed by atoms with Crippen LogP contribution < -0.4 is 0 Å². The maximum atomic E-state index is 11.0. The van der Waals surface area contributed by atoms with E-state index in [1.165, 1.54) is 12.8 Å². The van der Waals surface area contributed by atoms with Gasteiger partial charge in [-0.3, -0.25) is 0 Å². The fraction of sp³-hybridized carbons (Fsp3) is 0.800. The maximum absolute atomic E-state index is 11.0. The van der Waals surface area contributed by atoms with Crippen LogP contribution in [0.4, 0.5) is 0 Å². The summed E-state index contributed by atoms with van der Waals surface area (Å²) in [5.74, 6) is 0.696. The van der Waals surface area contributed by atoms with Crippen molar-refractivity contribution in [2.45, 2.75) is 77.9 Å². The minimum Gasteiger partial charge on any atom is -0.390 e. The Bertz CT molecular complexity index is 458. The minimum absolute atomic E-state index is 0.0738. The van der Waals surface area contributed by atoms with E-state index in [9.17, 15) is 10.2 Å². The molecule has 0 aromatic rings. The first-order chi connectivity index (χ1) is 9.95. The van der Waals surface area contributed by atoms with Gasteiger partial charge in [-0.15, -0.1) is 0 Å². The molecule has 2 heteroatoms. The van der Waals surface area contributed by atoms with Crippen LogP contribution in [0.2, 0.25) is 0 Å². The summed E-state index contributed by atoms with van der Waals surface area (Å²) in [5.41, 5.74) is -1.29. The van der Waals surface area contributed by atoms with E-state index in [0.717, 1.165) is 19.3 Å². The lowest BCUT2D eigenvalue weighted by atomic mass is 9.45. The molecule has 2 aliphatic rings. The van der Waals surface area contributed by atoms with Crippen LogP contribution >= 0.6 is 0 Å². The highest BCUT2D eigenvalue weighted by Crippen LogP contribution is 2.62. The highest BCUT2D eigenvalue weighted by molar-refractivity contribution is 5.17. The highest BCUT2D eigenvalue weighted by Gasteiger charge is 2.57. The normalized spacial score (nSPS) is 44.3. The van der Waals surface area contributed by atoms with E-state index >= 15 is 0 Å². The monoisotopic (exact) mass is 306 g/mol. The molecule has 0 unspecified atom stereocenters. The van der Waals surface area contributed by atoms with Gasteiger partial charge in [0.25, 0.3) is 0 Å². The number of fused-ring (bicyclic) bond motifs is 1. The third-order valence-corrected chi connectivity index (χ3v) is 6.63. The van der Waals surface area contributed by atoms with Crippen molar-refractivity contribution >= 4 is 0 Å². The summed E-state index contributed by atoms with van der Waals surface area (Å²) < 4.78 is 0. The first-order valence-corrected chi connectivity index (χ1v) is 8.72. The molecule has 0 aromatic heterocycles. The largest absolute Gasteiger partial charge is 0.390 e. The van der Waals surface area contributed by atoms with Gasteiger partial charge >= 0.3 is 0 Å². The van der Waals surface area contributed by atoms with E-state index < -0.39 is 11.2 Å². The molecule has 0 aliphatic heterocycles. The van der Waals surface area contributed by atoms with E-state index in [-0.39, 0.29) is 11.3 Å². The molecule has 22 heavy (non-hydrogen) atoms. The maximum Gasteiger partial charge on any atom is 0.0978 e. The number of hydrogen-bond donors (Lipinski definition) is 2. The zero-order valence-corrected chi connectivity index (χ0v) is 15.0. The third kappa shape index (κ3) is 3.05. The molecule has 2 N–H and O–H groups in total. The van der Waals surface area contributed by atoms with Crippen molar-refractivity contribution in [3.63, 3.8) is 0 Å². The van der Waals surface area contributed by atoms with Gasteiger partial charge in [0.1, 0.15) is 0 Å². The number of hydrogen-bond acceptors (Lipinski definition) is 2. The summed E-state index contributed by atoms with van der Waals surface area (Å²) in [7, 11) is 0. The quantitative estimate of drug-likeness (QED) is 0.755. The lowest BCUT2D eigenvalue weighted by Gasteiger charge is -2.60. The van der Waals surface area contributed by atoms with Crippen LogP contribution in [0.25, 0.3) is 0 Å². The zero-order chi connectivity index (χ0) is 16.8. The highest BCUT2D eigenvalue weighted by atomic mass is 16.3. The van der Waals surface area contributed by atoms with E-state index in [2.05, 4.69) is 33.4 Å². The van der Waals surface area contributed by atoms with Crippen LogP contribution in [0.1, 0.15) is 66.7 Å². The Morgan fingerprint density at radius 2 is 1.77 bits per heavy atom. The molecule has 0 saturated heterocycles. The Morgan fingerprint density at radius 1 is 1.14 bits per heavy atom. The first kappa shape index (κ1) is 17.7. The molecule has 0 aromatic carbocycles. The van der Waals surface area contributed by atoms with Crippen molar-refractivity contribution in [1.82, 2.24) is 0 Å². The molecule has 0 amide bonds. The van der Waals surface area contributed by atoms with Gasteiger partial charge in [0, 0.05) is 5.92 Å². The predicted octanol–water partition coefficient (Wildman–Crippen LogP) is 4.47. The predicted molar refractivity (Wildman–Crippen MR) is 92.5 cm³/mol. The second-order valence-corrected chi connectivity index (χ2v) is 9.06. The Kier molecular flexibility index (Phi) is 4.43. The van der Waals surface area contributed by atoms with Crippen molar-refractivity contribution in [1.29, 1.82) is 0 Å². The van der Waals surface area contributed by atoms with E-state index in [4.69, 9.17) is 0 Å². The SMILES string of the molecule is C=C[C@](C)(O)/C=C/[C@@H]1[C@@]2(C)CCCC(C)(C)[C@H]2CC[C@@]1(C)O. The van der Waals surface area contributed by atoms with E-state index in [0.29, 0.717) is 11.3 Å². The molecule has 0 heterocycles. The van der Waals surface area contributed by atoms with Gasteiger partial charge < -0.3 is 10.2 Å². The van der Waals surface area contributed by atoms with Crippen LogP contribution in [0.5, 0.6) is 0 Å². The second kappa shape index (κ2) is 5.49. The number of rotatable bonds is 3. The van der Waals surface area contributed by atoms with Crippen LogP contribution in [0.3, 0.4) is 0 Å². The van der Waals surface area contributed by atoms with Gasteiger partial charge in [-0.05, 0) is 56.3 Å². The molecule has 2 nitrogen and oxygen atoms in total. The third-order valence-electron chi connectivity index (χ3n) is 6.63. The first-order valence-electron chi connectivity index (χ1n) is 8.72. The number of aliphatic hydroxyl groups is 2. The molecule has 0 bridgehead atoms. The van der Waals surface area contributed by atoms with E-state index in [1.54, 1.807) is 13.0 Å². The van der Waals surface area contributed by atoms with Gasteiger partial charge in [-0.1, -0.05) is 52.0 Å². The average Bonchev–Trinajstić information content (AvgIpc) is 2.35. The van der Waals surface area contributed by atoms with Crippen LogP contribution in [-0.4, -0.2) is 21.4 Å². The molecule has 0 spiro atoms. The van der Waals surface area contributed by atoms with Crippen LogP contribution in [-0.2, 0) is 0 Å². The molecule has 2 aliphatic carbocycles. The Hall–Kier alpha value is -0.600. The topological polar surface area (TPSA) is 40.5 Å². The van der Waals surface area contributed by atoms with Crippen LogP contribution in [0, 0.1) is 22.7 Å². The molecule has 0 radical (unpaired) electrons. The zero-order valence-electron chi connectivity index (χ0n) is 15.0. The van der Waals surface area contributed by atoms with Crippen LogP contribution in [0.15, 0.2) is 24.8 Å². The summed E-state index contributed by atoms with van der Waals surface area (Å²) in [6, 6.07) is 0. The molecular weight excluding hydrogens is 272 g/mol. The molecule has 5 atom stereocenters. The fourth-order valence-corrected chi connectivity index (χ4v) is 5.35. The molecule has 2 saturated carbocycles. The Morgan fingerprint density at radius 3 is 2.36 bits per heavy atom. The van der Waals surface area contributed by atoms with Crippen molar-refractivity contribution in [3.8, 4) is 0 Å². The fourth-order valence-electron chi connectivity index (χ4n) is 5.35. The summed E-state index contributed by atoms with van der Waals surface area (Å²) in [5, 5.41) is 21.2. The average molecular weight is 306 g/mol. The lowest BCUT2D eigenvalue weighted by molar-refractivity contribution is -0.149. The second-order valence-electron chi connectivity index (χ2n) is 9.06. The summed E-state index contributed by atoms with van der Waals surface area (Å²) in [6.45, 7) is 14.5. The summed E-state index contributed by atoms with van der Waals surface area (Å²) in [6.07, 6.45) is 11.0. The van der Waals surface area contributed by atoms with Gasteiger partial charge in [0.2, 0.25) is 0 Å². The van der Waals surface area contributed by atoms with Crippen molar-refractivity contribution in [2.24, 2.45) is 22.7 Å². The van der Waals surface area contributed by atoms with Crippen molar-refractivity contribution < 1.29 is 10.2 Å². The molecular formula is C20H34O2. The van der Waals surface area contributed by atoms with Crippen molar-refractivity contribution in [3.05, 3.63) is 24.8 Å². The van der Waals surface area contributed by atoms with Gasteiger partial charge in [0.05, 0.1) is 11.2 Å². The lowest BCUT2D eigenvalue weighted by Crippen LogP contribution is -2.57. The smallest absolute Gasteiger partial charge is 0.0978 e. The molecule has 2 rings (SSSR count). The Balaban J connectivity index is 2.40. The minimum atomic E-state index is -1.01. The van der Waals surface area contributed by atoms with Gasteiger partial charge in [-0.2, -0.15) is 0 Å². The van der Waals surface area contributed by atoms with E-state index in [1.807, 2.05) is 13.0 Å². The van der Waals surface area contributed by atoms with Gasteiger partial charge in [0.15, 0.2) is 0 Å². The standard InChI is InChI=1S/C20H34O2/c1-7-18(4,21)13-9-16-19(5)12-8-11-17(2,3)15(19)10-14-20(16,6)22/h7,9,13,15-16,21-22H,1,8,10-12,14H2,2-6H3/b13-9+/t15-,16-,18+,19+,20-/m1/s1.